The molecule has 1 heterocycles. The van der Waals surface area contributed by atoms with Crippen LogP contribution in [0.25, 0.3) is 17.1 Å². The first-order chi connectivity index (χ1) is 8.37. The molecule has 0 spiro atoms. The third kappa shape index (κ3) is 2.65. The molecule has 18 heavy (non-hydrogen) atoms. The maximum atomic E-state index is 11.2. The summed E-state index contributed by atoms with van der Waals surface area (Å²) in [6.45, 7) is 0. The molecule has 0 unspecified atom stereocenters. The van der Waals surface area contributed by atoms with Crippen molar-refractivity contribution in [1.29, 1.82) is 0 Å². The quantitative estimate of drug-likeness (QED) is 0.462. The molecule has 0 aliphatic heterocycles. The van der Waals surface area contributed by atoms with Gasteiger partial charge in [0.05, 0.1) is 11.0 Å². The number of hydrogen-bond donors (Lipinski definition) is 4. The van der Waals surface area contributed by atoms with Gasteiger partial charge in [0.25, 0.3) is 0 Å². The van der Waals surface area contributed by atoms with Gasteiger partial charge in [-0.05, 0) is 12.1 Å². The number of hydrogen-bond acceptors (Lipinski definition) is 3. The maximum Gasteiger partial charge on any atom is 0.349 e. The normalized spacial score (nSPS) is 12.3. The largest absolute Gasteiger partial charge is 0.349 e. The van der Waals surface area contributed by atoms with Crippen LogP contribution in [0.4, 0.5) is 0 Å². The molecule has 94 valence electrons. The summed E-state index contributed by atoms with van der Waals surface area (Å²) in [6, 6.07) is 4.72. The molecule has 0 aliphatic rings. The molecule has 8 heteroatoms. The van der Waals surface area contributed by atoms with Crippen LogP contribution in [0, 0.1) is 0 Å². The van der Waals surface area contributed by atoms with Gasteiger partial charge in [0.1, 0.15) is 0 Å². The number of para-hydroxylation sites is 1. The average Bonchev–Trinajstić information content (AvgIpc) is 2.27. The monoisotopic (exact) mass is 268 g/mol. The average molecular weight is 268 g/mol. The Hall–Kier alpha value is -1.95. The van der Waals surface area contributed by atoms with Crippen LogP contribution in [0.15, 0.2) is 33.6 Å². The van der Waals surface area contributed by atoms with Crippen molar-refractivity contribution >= 4 is 24.7 Å². The van der Waals surface area contributed by atoms with Crippen LogP contribution in [0.5, 0.6) is 0 Å². The number of H-pyrrole nitrogens is 2. The van der Waals surface area contributed by atoms with Gasteiger partial charge in [0, 0.05) is 11.4 Å². The van der Waals surface area contributed by atoms with Crippen molar-refractivity contribution in [3.8, 4) is 0 Å². The molecule has 2 rings (SSSR count). The van der Waals surface area contributed by atoms with Crippen molar-refractivity contribution in [3.05, 3.63) is 50.3 Å². The zero-order valence-electron chi connectivity index (χ0n) is 8.95. The van der Waals surface area contributed by atoms with Gasteiger partial charge in [-0.1, -0.05) is 12.1 Å². The van der Waals surface area contributed by atoms with E-state index in [0.717, 1.165) is 5.82 Å². The smallest absolute Gasteiger partial charge is 0.321 e. The molecule has 1 aromatic carbocycles. The Morgan fingerprint density at radius 2 is 1.78 bits per heavy atom. The van der Waals surface area contributed by atoms with Crippen LogP contribution < -0.4 is 11.1 Å². The van der Waals surface area contributed by atoms with E-state index in [0.29, 0.717) is 16.6 Å². The minimum absolute atomic E-state index is 0.312. The van der Waals surface area contributed by atoms with Crippen molar-refractivity contribution < 1.29 is 14.4 Å². The molecule has 0 saturated heterocycles. The lowest BCUT2D eigenvalue weighted by molar-refractivity contribution is 0.386. The van der Waals surface area contributed by atoms with Crippen molar-refractivity contribution in [2.45, 2.75) is 0 Å². The lowest BCUT2D eigenvalue weighted by Crippen LogP contribution is -2.29. The van der Waals surface area contributed by atoms with Gasteiger partial charge in [0.2, 0.25) is 0 Å². The number of benzene rings is 1. The van der Waals surface area contributed by atoms with Gasteiger partial charge in [0.15, 0.2) is 0 Å². The highest BCUT2D eigenvalue weighted by Crippen LogP contribution is 2.37. The Labute approximate surface area is 100.0 Å². The zero-order valence-corrected chi connectivity index (χ0v) is 9.85. The van der Waals surface area contributed by atoms with Crippen molar-refractivity contribution in [2.24, 2.45) is 0 Å². The van der Waals surface area contributed by atoms with E-state index in [1.54, 1.807) is 18.2 Å². The van der Waals surface area contributed by atoms with Gasteiger partial charge in [-0.15, -0.1) is 0 Å². The highest BCUT2D eigenvalue weighted by atomic mass is 31.2. The minimum atomic E-state index is -4.28. The highest BCUT2D eigenvalue weighted by Gasteiger charge is 2.07. The van der Waals surface area contributed by atoms with E-state index in [1.807, 2.05) is 0 Å². The molecule has 1 aromatic heterocycles. The van der Waals surface area contributed by atoms with E-state index in [9.17, 15) is 14.2 Å². The van der Waals surface area contributed by atoms with Crippen molar-refractivity contribution in [1.82, 2.24) is 9.97 Å². The van der Waals surface area contributed by atoms with E-state index >= 15 is 0 Å². The van der Waals surface area contributed by atoms with E-state index < -0.39 is 18.7 Å². The molecule has 0 amide bonds. The summed E-state index contributed by atoms with van der Waals surface area (Å²) < 4.78 is 10.7. The molecule has 0 atom stereocenters. The molecule has 0 bridgehead atoms. The van der Waals surface area contributed by atoms with Crippen LogP contribution in [-0.2, 0) is 4.57 Å². The van der Waals surface area contributed by atoms with Crippen molar-refractivity contribution in [3.63, 3.8) is 0 Å². The molecule has 0 radical (unpaired) electrons. The predicted octanol–water partition coefficient (Wildman–Crippen LogP) is 0.365. The fourth-order valence-corrected chi connectivity index (χ4v) is 1.83. The van der Waals surface area contributed by atoms with Gasteiger partial charge in [-0.25, -0.2) is 0 Å². The second-order valence-corrected chi connectivity index (χ2v) is 5.06. The fourth-order valence-electron chi connectivity index (χ4n) is 1.48. The van der Waals surface area contributed by atoms with Crippen molar-refractivity contribution in [2.75, 3.05) is 0 Å². The molecule has 2 aromatic rings. The molecule has 4 N–H and O–H groups in total. The number of aromatic nitrogens is 2. The third-order valence-corrected chi connectivity index (χ3v) is 2.78. The van der Waals surface area contributed by atoms with Crippen LogP contribution in [0.1, 0.15) is 5.56 Å². The lowest BCUT2D eigenvalue weighted by atomic mass is 10.2. The van der Waals surface area contributed by atoms with E-state index in [4.69, 9.17) is 9.79 Å². The summed E-state index contributed by atoms with van der Waals surface area (Å²) >= 11 is 0. The van der Waals surface area contributed by atoms with Gasteiger partial charge < -0.3 is 19.8 Å². The summed E-state index contributed by atoms with van der Waals surface area (Å²) in [4.78, 5) is 44.5. The first-order valence-corrected chi connectivity index (χ1v) is 6.55. The van der Waals surface area contributed by atoms with Gasteiger partial charge in [-0.3, -0.25) is 14.2 Å². The Kier molecular flexibility index (Phi) is 3.04. The summed E-state index contributed by atoms with van der Waals surface area (Å²) in [5.74, 6) is 0.727. The van der Waals surface area contributed by atoms with E-state index in [1.165, 1.54) is 6.08 Å². The van der Waals surface area contributed by atoms with Crippen LogP contribution in [-0.4, -0.2) is 19.8 Å². The van der Waals surface area contributed by atoms with E-state index in [-0.39, 0.29) is 0 Å². The highest BCUT2D eigenvalue weighted by molar-refractivity contribution is 7.55. The summed E-state index contributed by atoms with van der Waals surface area (Å²) in [6.07, 6.45) is 1.19. The first-order valence-electron chi connectivity index (χ1n) is 4.87. The summed E-state index contributed by atoms with van der Waals surface area (Å²) in [5, 5.41) is 0. The molecule has 0 aliphatic carbocycles. The molecule has 0 saturated carbocycles. The summed E-state index contributed by atoms with van der Waals surface area (Å²) in [5.41, 5.74) is -0.512. The Bertz CT molecular complexity index is 783. The summed E-state index contributed by atoms with van der Waals surface area (Å²) in [7, 11) is -4.28. The fraction of sp³-hybridized carbons (Fsp3) is 0. The third-order valence-electron chi connectivity index (χ3n) is 2.24. The topological polar surface area (TPSA) is 123 Å². The van der Waals surface area contributed by atoms with Crippen LogP contribution in [0.3, 0.4) is 0 Å². The van der Waals surface area contributed by atoms with Crippen LogP contribution in [0.2, 0.25) is 0 Å². The molecule has 0 fully saturated rings. The second kappa shape index (κ2) is 4.38. The number of nitrogens with one attached hydrogen (secondary N) is 2. The lowest BCUT2D eigenvalue weighted by Gasteiger charge is -2.01. The number of fused-ring (bicyclic) bond motifs is 1. The molecule has 7 nitrogen and oxygen atoms in total. The number of rotatable bonds is 2. The maximum absolute atomic E-state index is 11.2. The number of aromatic amines is 2. The Balaban J connectivity index is 2.69. The molecular weight excluding hydrogens is 259 g/mol. The predicted molar refractivity (Wildman–Crippen MR) is 66.3 cm³/mol. The Morgan fingerprint density at radius 3 is 2.44 bits per heavy atom. The van der Waals surface area contributed by atoms with Gasteiger partial charge >= 0.3 is 18.7 Å². The standard InChI is InChI=1S/C10H9N2O5P/c13-9-10(14)12-8-6(4-5-18(15,16)17)2-1-3-7(8)11-9/h1-5H,(H,11,13)(H,12,14)(H2,15,16,17)/b5-4+. The van der Waals surface area contributed by atoms with Crippen LogP contribution >= 0.6 is 7.60 Å². The van der Waals surface area contributed by atoms with Gasteiger partial charge in [-0.2, -0.15) is 0 Å². The van der Waals surface area contributed by atoms with E-state index in [2.05, 4.69) is 9.97 Å². The Morgan fingerprint density at radius 1 is 1.11 bits per heavy atom. The minimum Gasteiger partial charge on any atom is -0.321 e. The first kappa shape index (κ1) is 12.5. The second-order valence-electron chi connectivity index (χ2n) is 3.58. The SMILES string of the molecule is O=c1[nH]c2cccc(/C=C/P(=O)(O)O)c2[nH]c1=O. The molecular formula is C10H9N2O5P. The zero-order chi connectivity index (χ0) is 13.3.